The number of rotatable bonds is 1. The molecule has 0 fully saturated rings. The molecule has 0 saturated carbocycles. The molecule has 0 aliphatic carbocycles. The zero-order valence-electron chi connectivity index (χ0n) is 9.69. The first-order chi connectivity index (χ1) is 8.74. The van der Waals surface area contributed by atoms with Crippen molar-refractivity contribution in [2.24, 2.45) is 0 Å². The van der Waals surface area contributed by atoms with Gasteiger partial charge in [-0.05, 0) is 28.8 Å². The normalized spacial score (nSPS) is 18.1. The van der Waals surface area contributed by atoms with E-state index in [1.807, 2.05) is 42.5 Å². The average molecular weight is 258 g/mol. The molecule has 1 N–H and O–H groups in total. The summed E-state index contributed by atoms with van der Waals surface area (Å²) in [5.41, 5.74) is 3.26. The number of benzene rings is 2. The molecule has 1 heterocycles. The zero-order valence-corrected chi connectivity index (χ0v) is 10.4. The minimum absolute atomic E-state index is 0.0543. The fourth-order valence-electron chi connectivity index (χ4n) is 2.39. The van der Waals surface area contributed by atoms with Crippen LogP contribution >= 0.6 is 11.6 Å². The van der Waals surface area contributed by atoms with Crippen molar-refractivity contribution in [1.29, 1.82) is 0 Å². The lowest BCUT2D eigenvalue weighted by Crippen LogP contribution is -2.35. The van der Waals surface area contributed by atoms with Crippen LogP contribution in [0.4, 0.5) is 0 Å². The molecule has 0 radical (unpaired) electrons. The lowest BCUT2D eigenvalue weighted by molar-refractivity contribution is -0.121. The van der Waals surface area contributed by atoms with Crippen molar-refractivity contribution >= 4 is 17.5 Å². The highest BCUT2D eigenvalue weighted by Gasteiger charge is 2.25. The maximum absolute atomic E-state index is 11.8. The fraction of sp³-hybridized carbons (Fsp3) is 0.133. The molecule has 3 rings (SSSR count). The van der Waals surface area contributed by atoms with Gasteiger partial charge in [0.1, 0.15) is 0 Å². The third kappa shape index (κ3) is 2.00. The SMILES string of the molecule is O=C1Cc2ccccc2[C@@H](c2cccc(Cl)c2)N1. The number of halogens is 1. The summed E-state index contributed by atoms with van der Waals surface area (Å²) in [4.78, 5) is 11.8. The number of fused-ring (bicyclic) bond motifs is 1. The lowest BCUT2D eigenvalue weighted by Gasteiger charge is -2.27. The van der Waals surface area contributed by atoms with Gasteiger partial charge in [-0.3, -0.25) is 4.79 Å². The van der Waals surface area contributed by atoms with E-state index in [0.717, 1.165) is 16.7 Å². The Morgan fingerprint density at radius 3 is 2.78 bits per heavy atom. The average Bonchev–Trinajstić information content (AvgIpc) is 2.37. The molecule has 0 spiro atoms. The van der Waals surface area contributed by atoms with Crippen molar-refractivity contribution in [2.45, 2.75) is 12.5 Å². The second-order valence-electron chi connectivity index (χ2n) is 4.43. The van der Waals surface area contributed by atoms with Crippen LogP contribution in [0.2, 0.25) is 5.02 Å². The van der Waals surface area contributed by atoms with Crippen LogP contribution in [0.5, 0.6) is 0 Å². The summed E-state index contributed by atoms with van der Waals surface area (Å²) >= 11 is 6.01. The van der Waals surface area contributed by atoms with E-state index in [4.69, 9.17) is 11.6 Å². The molecule has 1 atom stereocenters. The van der Waals surface area contributed by atoms with Gasteiger partial charge in [0.15, 0.2) is 0 Å². The summed E-state index contributed by atoms with van der Waals surface area (Å²) in [6.07, 6.45) is 0.452. The van der Waals surface area contributed by atoms with Crippen LogP contribution in [0.3, 0.4) is 0 Å². The maximum Gasteiger partial charge on any atom is 0.225 e. The molecule has 18 heavy (non-hydrogen) atoms. The first-order valence-corrected chi connectivity index (χ1v) is 6.24. The molecule has 90 valence electrons. The van der Waals surface area contributed by atoms with Gasteiger partial charge in [-0.25, -0.2) is 0 Å². The van der Waals surface area contributed by atoms with Crippen LogP contribution < -0.4 is 5.32 Å². The molecule has 1 aliphatic rings. The monoisotopic (exact) mass is 257 g/mol. The first kappa shape index (κ1) is 11.3. The van der Waals surface area contributed by atoms with Crippen molar-refractivity contribution in [3.8, 4) is 0 Å². The molecule has 0 bridgehead atoms. The third-order valence-corrected chi connectivity index (χ3v) is 3.44. The number of hydrogen-bond acceptors (Lipinski definition) is 1. The maximum atomic E-state index is 11.8. The Morgan fingerprint density at radius 1 is 1.11 bits per heavy atom. The Balaban J connectivity index is 2.10. The number of nitrogens with one attached hydrogen (secondary N) is 1. The van der Waals surface area contributed by atoms with Gasteiger partial charge < -0.3 is 5.32 Å². The Kier molecular flexibility index (Phi) is 2.80. The fourth-order valence-corrected chi connectivity index (χ4v) is 2.59. The Bertz CT molecular complexity index is 609. The molecule has 0 unspecified atom stereocenters. The smallest absolute Gasteiger partial charge is 0.225 e. The van der Waals surface area contributed by atoms with E-state index in [1.165, 1.54) is 0 Å². The molecule has 2 aromatic carbocycles. The largest absolute Gasteiger partial charge is 0.345 e. The van der Waals surface area contributed by atoms with E-state index in [2.05, 4.69) is 11.4 Å². The Morgan fingerprint density at radius 2 is 1.94 bits per heavy atom. The van der Waals surface area contributed by atoms with Crippen LogP contribution in [0.1, 0.15) is 22.7 Å². The highest BCUT2D eigenvalue weighted by molar-refractivity contribution is 6.30. The molecule has 3 heteroatoms. The molecule has 0 saturated heterocycles. The van der Waals surface area contributed by atoms with Gasteiger partial charge in [0.25, 0.3) is 0 Å². The van der Waals surface area contributed by atoms with Crippen molar-refractivity contribution in [2.75, 3.05) is 0 Å². The molecular weight excluding hydrogens is 246 g/mol. The van der Waals surface area contributed by atoms with Gasteiger partial charge in [-0.15, -0.1) is 0 Å². The van der Waals surface area contributed by atoms with E-state index >= 15 is 0 Å². The summed E-state index contributed by atoms with van der Waals surface area (Å²) in [6.45, 7) is 0. The van der Waals surface area contributed by atoms with E-state index in [0.29, 0.717) is 11.4 Å². The van der Waals surface area contributed by atoms with Gasteiger partial charge in [-0.2, -0.15) is 0 Å². The van der Waals surface area contributed by atoms with Crippen molar-refractivity contribution in [3.05, 3.63) is 70.2 Å². The number of hydrogen-bond donors (Lipinski definition) is 1. The van der Waals surface area contributed by atoms with Gasteiger partial charge in [-0.1, -0.05) is 48.0 Å². The van der Waals surface area contributed by atoms with Crippen LogP contribution in [-0.4, -0.2) is 5.91 Å². The second-order valence-corrected chi connectivity index (χ2v) is 4.87. The summed E-state index contributed by atoms with van der Waals surface area (Å²) in [5.74, 6) is 0.0543. The minimum atomic E-state index is -0.0962. The number of amides is 1. The summed E-state index contributed by atoms with van der Waals surface area (Å²) in [7, 11) is 0. The molecule has 0 aromatic heterocycles. The van der Waals surface area contributed by atoms with Crippen LogP contribution in [0.25, 0.3) is 0 Å². The summed E-state index contributed by atoms with van der Waals surface area (Å²) in [6, 6.07) is 15.5. The van der Waals surface area contributed by atoms with Crippen LogP contribution in [-0.2, 0) is 11.2 Å². The van der Waals surface area contributed by atoms with Gasteiger partial charge in [0.2, 0.25) is 5.91 Å². The van der Waals surface area contributed by atoms with Crippen molar-refractivity contribution in [1.82, 2.24) is 5.32 Å². The molecular formula is C15H12ClNO. The van der Waals surface area contributed by atoms with E-state index < -0.39 is 0 Å². The highest BCUT2D eigenvalue weighted by Crippen LogP contribution is 2.29. The highest BCUT2D eigenvalue weighted by atomic mass is 35.5. The third-order valence-electron chi connectivity index (χ3n) is 3.20. The van der Waals surface area contributed by atoms with Gasteiger partial charge in [0, 0.05) is 5.02 Å². The Labute approximate surface area is 111 Å². The van der Waals surface area contributed by atoms with E-state index in [1.54, 1.807) is 0 Å². The zero-order chi connectivity index (χ0) is 12.5. The van der Waals surface area contributed by atoms with E-state index in [9.17, 15) is 4.79 Å². The predicted octanol–water partition coefficient (Wildman–Crippen LogP) is 3.10. The molecule has 2 aromatic rings. The van der Waals surface area contributed by atoms with Crippen molar-refractivity contribution in [3.63, 3.8) is 0 Å². The van der Waals surface area contributed by atoms with E-state index in [-0.39, 0.29) is 11.9 Å². The lowest BCUT2D eigenvalue weighted by atomic mass is 9.90. The summed E-state index contributed by atoms with van der Waals surface area (Å²) < 4.78 is 0. The molecule has 1 amide bonds. The first-order valence-electron chi connectivity index (χ1n) is 5.86. The Hall–Kier alpha value is -1.80. The molecule has 1 aliphatic heterocycles. The quantitative estimate of drug-likeness (QED) is 0.836. The topological polar surface area (TPSA) is 29.1 Å². The minimum Gasteiger partial charge on any atom is -0.345 e. The predicted molar refractivity (Wildman–Crippen MR) is 71.6 cm³/mol. The summed E-state index contributed by atoms with van der Waals surface area (Å²) in [5, 5.41) is 3.70. The molecule has 2 nitrogen and oxygen atoms in total. The van der Waals surface area contributed by atoms with Crippen LogP contribution in [0.15, 0.2) is 48.5 Å². The van der Waals surface area contributed by atoms with Gasteiger partial charge >= 0.3 is 0 Å². The number of carbonyl (C=O) groups is 1. The standard InChI is InChI=1S/C15H12ClNO/c16-12-6-3-5-11(8-12)15-13-7-2-1-4-10(13)9-14(18)17-15/h1-8,15H,9H2,(H,17,18)/t15-/m1/s1. The van der Waals surface area contributed by atoms with Crippen molar-refractivity contribution < 1.29 is 4.79 Å². The van der Waals surface area contributed by atoms with Gasteiger partial charge in [0.05, 0.1) is 12.5 Å². The van der Waals surface area contributed by atoms with Crippen LogP contribution in [0, 0.1) is 0 Å². The second kappa shape index (κ2) is 4.46. The number of carbonyl (C=O) groups excluding carboxylic acids is 1.